The van der Waals surface area contributed by atoms with E-state index in [1.54, 1.807) is 0 Å². The topological polar surface area (TPSA) is 40.5 Å². The average molecular weight is 246 g/mol. The van der Waals surface area contributed by atoms with E-state index >= 15 is 0 Å². The molecule has 0 radical (unpaired) electrons. The first-order valence-corrected chi connectivity index (χ1v) is 8.25. The van der Waals surface area contributed by atoms with Crippen molar-refractivity contribution in [3.8, 4) is 0 Å². The molecule has 0 aliphatic carbocycles. The first-order chi connectivity index (χ1) is 6.89. The van der Waals surface area contributed by atoms with Crippen LogP contribution in [0.1, 0.15) is 55.4 Å². The Morgan fingerprint density at radius 1 is 0.938 bits per heavy atom. The van der Waals surface area contributed by atoms with Gasteiger partial charge < -0.3 is 9.90 Å². The summed E-state index contributed by atoms with van der Waals surface area (Å²) in [4.78, 5) is 11.3. The van der Waals surface area contributed by atoms with Crippen LogP contribution < -0.4 is 0 Å². The molecular formula is C13H30O2Si. The molecule has 0 saturated heterocycles. The van der Waals surface area contributed by atoms with Crippen LogP contribution in [0.2, 0.25) is 15.6 Å². The highest BCUT2D eigenvalue weighted by atomic mass is 28.4. The summed E-state index contributed by atoms with van der Waals surface area (Å²) in [5.74, 6) is 0.162. The van der Waals surface area contributed by atoms with Gasteiger partial charge in [-0.1, -0.05) is 55.4 Å². The van der Waals surface area contributed by atoms with E-state index in [1.165, 1.54) is 0 Å². The molecule has 98 valence electrons. The molecule has 0 aromatic heterocycles. The van der Waals surface area contributed by atoms with Gasteiger partial charge >= 0.3 is 0 Å². The minimum Gasteiger partial charge on any atom is -0.430 e. The van der Waals surface area contributed by atoms with E-state index in [0.717, 1.165) is 0 Å². The van der Waals surface area contributed by atoms with Gasteiger partial charge in [0.2, 0.25) is 8.32 Å². The summed E-state index contributed by atoms with van der Waals surface area (Å²) < 4.78 is 0. The zero-order chi connectivity index (χ0) is 13.4. The maximum Gasteiger partial charge on any atom is 0.202 e. The summed E-state index contributed by atoms with van der Waals surface area (Å²) in [5, 5.41) is 9.16. The van der Waals surface area contributed by atoms with Crippen molar-refractivity contribution in [1.29, 1.82) is 0 Å². The normalized spacial score (nSPS) is 18.4. The van der Waals surface area contributed by atoms with E-state index in [-0.39, 0.29) is 28.1 Å². The van der Waals surface area contributed by atoms with Crippen molar-refractivity contribution >= 4 is 8.32 Å². The molecule has 0 heterocycles. The Morgan fingerprint density at radius 3 is 1.44 bits per heavy atom. The summed E-state index contributed by atoms with van der Waals surface area (Å²) in [6.07, 6.45) is 0. The van der Waals surface area contributed by atoms with Gasteiger partial charge in [-0.3, -0.25) is 0 Å². The Balaban J connectivity index is 5.44. The van der Waals surface area contributed by atoms with Crippen molar-refractivity contribution in [2.75, 3.05) is 6.61 Å². The smallest absolute Gasteiger partial charge is 0.202 e. The summed E-state index contributed by atoms with van der Waals surface area (Å²) in [7, 11) is -2.50. The third kappa shape index (κ3) is 2.69. The van der Waals surface area contributed by atoms with Crippen LogP contribution in [-0.4, -0.2) is 24.8 Å². The van der Waals surface area contributed by atoms with Crippen molar-refractivity contribution in [3.05, 3.63) is 0 Å². The lowest BCUT2D eigenvalue weighted by atomic mass is 10.1. The Morgan fingerprint density at radius 2 is 1.25 bits per heavy atom. The van der Waals surface area contributed by atoms with E-state index in [1.807, 2.05) is 6.92 Å². The predicted molar refractivity (Wildman–Crippen MR) is 73.1 cm³/mol. The molecule has 0 bridgehead atoms. The van der Waals surface area contributed by atoms with Gasteiger partial charge in [0.15, 0.2) is 0 Å². The van der Waals surface area contributed by atoms with Crippen LogP contribution in [0, 0.1) is 5.92 Å². The molecule has 2 atom stereocenters. The van der Waals surface area contributed by atoms with E-state index in [2.05, 4.69) is 48.5 Å². The fraction of sp³-hybridized carbons (Fsp3) is 1.00. The Bertz CT molecular complexity index is 211. The van der Waals surface area contributed by atoms with E-state index < -0.39 is 8.32 Å². The molecule has 0 aliphatic rings. The molecule has 0 aromatic carbocycles. The Kier molecular flexibility index (Phi) is 4.83. The van der Waals surface area contributed by atoms with Crippen molar-refractivity contribution < 1.29 is 9.90 Å². The van der Waals surface area contributed by atoms with Gasteiger partial charge in [-0.2, -0.15) is 0 Å². The second-order valence-corrected chi connectivity index (χ2v) is 12.7. The molecule has 0 unspecified atom stereocenters. The predicted octanol–water partition coefficient (Wildman–Crippen LogP) is 3.54. The molecule has 16 heavy (non-hydrogen) atoms. The average Bonchev–Trinajstić information content (AvgIpc) is 2.10. The maximum absolute atomic E-state index is 11.3. The highest BCUT2D eigenvalue weighted by Crippen LogP contribution is 2.56. The third-order valence-electron chi connectivity index (χ3n) is 4.09. The molecule has 2 nitrogen and oxygen atoms in total. The van der Waals surface area contributed by atoms with Gasteiger partial charge in [-0.25, -0.2) is 0 Å². The van der Waals surface area contributed by atoms with E-state index in [9.17, 15) is 9.90 Å². The lowest BCUT2D eigenvalue weighted by Gasteiger charge is -2.52. The Labute approximate surface area is 102 Å². The fourth-order valence-corrected chi connectivity index (χ4v) is 8.97. The second kappa shape index (κ2) is 4.79. The number of hydrogen-bond donors (Lipinski definition) is 2. The van der Waals surface area contributed by atoms with Gasteiger partial charge in [0.25, 0.3) is 0 Å². The monoisotopic (exact) mass is 246 g/mol. The first kappa shape index (κ1) is 16.1. The quantitative estimate of drug-likeness (QED) is 0.748. The highest BCUT2D eigenvalue weighted by molar-refractivity contribution is 6.79. The Hall–Kier alpha value is 0.137. The third-order valence-corrected chi connectivity index (χ3v) is 10.5. The van der Waals surface area contributed by atoms with Crippen molar-refractivity contribution in [3.63, 3.8) is 0 Å². The minimum atomic E-state index is -2.50. The van der Waals surface area contributed by atoms with Crippen LogP contribution in [0.4, 0.5) is 0 Å². The van der Waals surface area contributed by atoms with Crippen LogP contribution in [-0.2, 0) is 0 Å². The van der Waals surface area contributed by atoms with Crippen molar-refractivity contribution in [2.24, 2.45) is 5.92 Å². The van der Waals surface area contributed by atoms with E-state index in [4.69, 9.17) is 0 Å². The summed E-state index contributed by atoms with van der Waals surface area (Å²) in [6.45, 7) is 17.1. The molecule has 0 rings (SSSR count). The van der Waals surface area contributed by atoms with Crippen LogP contribution in [0.15, 0.2) is 0 Å². The largest absolute Gasteiger partial charge is 0.430 e. The SMILES string of the molecule is C[C@H]([C@@H](C)CO)[Si](O)(C(C)(C)C)C(C)(C)C. The standard InChI is InChI=1S/C13H30O2Si/c1-10(9-14)11(2)16(15,12(3,4)5)13(6,7)8/h10-11,14-15H,9H2,1-8H3/t10-,11+/m0/s1. The summed E-state index contributed by atoms with van der Waals surface area (Å²) in [5.41, 5.74) is 0.192. The van der Waals surface area contributed by atoms with Crippen LogP contribution in [0.25, 0.3) is 0 Å². The summed E-state index contributed by atoms with van der Waals surface area (Å²) >= 11 is 0. The fourth-order valence-electron chi connectivity index (χ4n) is 3.06. The molecule has 3 heteroatoms. The molecule has 0 spiro atoms. The number of aliphatic hydroxyl groups is 1. The molecular weight excluding hydrogens is 216 g/mol. The maximum atomic E-state index is 11.3. The zero-order valence-corrected chi connectivity index (χ0v) is 13.3. The molecule has 2 N–H and O–H groups in total. The second-order valence-electron chi connectivity index (χ2n) is 7.21. The van der Waals surface area contributed by atoms with Crippen LogP contribution in [0.5, 0.6) is 0 Å². The molecule has 0 aromatic rings. The van der Waals surface area contributed by atoms with Crippen LogP contribution >= 0.6 is 0 Å². The molecule has 0 fully saturated rings. The van der Waals surface area contributed by atoms with E-state index in [0.29, 0.717) is 0 Å². The first-order valence-electron chi connectivity index (χ1n) is 6.22. The van der Waals surface area contributed by atoms with Crippen molar-refractivity contribution in [2.45, 2.75) is 71.0 Å². The minimum absolute atomic E-state index is 0.0753. The molecule has 0 amide bonds. The van der Waals surface area contributed by atoms with Crippen LogP contribution in [0.3, 0.4) is 0 Å². The molecule has 0 aliphatic heterocycles. The van der Waals surface area contributed by atoms with Gasteiger partial charge in [0.1, 0.15) is 0 Å². The number of hydrogen-bond acceptors (Lipinski definition) is 2. The van der Waals surface area contributed by atoms with Gasteiger partial charge in [-0.15, -0.1) is 0 Å². The van der Waals surface area contributed by atoms with Gasteiger partial charge in [-0.05, 0) is 21.5 Å². The van der Waals surface area contributed by atoms with Gasteiger partial charge in [0, 0.05) is 6.61 Å². The lowest BCUT2D eigenvalue weighted by molar-refractivity contribution is 0.220. The number of aliphatic hydroxyl groups excluding tert-OH is 1. The zero-order valence-electron chi connectivity index (χ0n) is 12.3. The lowest BCUT2D eigenvalue weighted by Crippen LogP contribution is -2.56. The van der Waals surface area contributed by atoms with Crippen molar-refractivity contribution in [1.82, 2.24) is 0 Å². The summed E-state index contributed by atoms with van der Waals surface area (Å²) in [6, 6.07) is 0. The number of rotatable bonds is 3. The highest BCUT2D eigenvalue weighted by Gasteiger charge is 2.56. The molecule has 0 saturated carbocycles. The van der Waals surface area contributed by atoms with Gasteiger partial charge in [0.05, 0.1) is 0 Å².